The van der Waals surface area contributed by atoms with Gasteiger partial charge in [-0.2, -0.15) is 0 Å². The van der Waals surface area contributed by atoms with E-state index in [1.807, 2.05) is 18.2 Å². The number of fused-ring (bicyclic) bond motifs is 1. The molecule has 0 radical (unpaired) electrons. The predicted octanol–water partition coefficient (Wildman–Crippen LogP) is 1.21. The van der Waals surface area contributed by atoms with Crippen molar-refractivity contribution in [1.29, 1.82) is 0 Å². The van der Waals surface area contributed by atoms with Crippen molar-refractivity contribution in [2.45, 2.75) is 0 Å². The quantitative estimate of drug-likeness (QED) is 0.606. The molecule has 2 rings (SSSR count). The first-order valence-electron chi connectivity index (χ1n) is 3.32. The lowest BCUT2D eigenvalue weighted by Crippen LogP contribution is -1.87. The molecular formula is C8H7N3. The van der Waals surface area contributed by atoms with E-state index < -0.39 is 0 Å². The van der Waals surface area contributed by atoms with E-state index in [2.05, 4.69) is 9.97 Å². The Morgan fingerprint density at radius 3 is 3.09 bits per heavy atom. The van der Waals surface area contributed by atoms with Gasteiger partial charge in [-0.05, 0) is 18.2 Å². The van der Waals surface area contributed by atoms with Crippen LogP contribution in [-0.4, -0.2) is 9.97 Å². The van der Waals surface area contributed by atoms with E-state index in [-0.39, 0.29) is 0 Å². The molecule has 2 aromatic rings. The second-order valence-electron chi connectivity index (χ2n) is 2.32. The molecule has 3 nitrogen and oxygen atoms in total. The Bertz CT molecular complexity index is 384. The third-order valence-corrected chi connectivity index (χ3v) is 1.47. The third-order valence-electron chi connectivity index (χ3n) is 1.47. The fourth-order valence-corrected chi connectivity index (χ4v) is 0.982. The molecule has 54 valence electrons. The first-order valence-corrected chi connectivity index (χ1v) is 3.32. The van der Waals surface area contributed by atoms with Crippen LogP contribution in [-0.2, 0) is 0 Å². The fourth-order valence-electron chi connectivity index (χ4n) is 0.982. The van der Waals surface area contributed by atoms with Crippen LogP contribution in [0.25, 0.3) is 11.0 Å². The van der Waals surface area contributed by atoms with Crippen molar-refractivity contribution in [3.05, 3.63) is 30.6 Å². The summed E-state index contributed by atoms with van der Waals surface area (Å²) in [5.41, 5.74) is 6.94. The number of aromatic nitrogens is 2. The second kappa shape index (κ2) is 2.20. The molecule has 0 amide bonds. The lowest BCUT2D eigenvalue weighted by Gasteiger charge is -1.95. The number of nitrogens with two attached hydrogens (primary N) is 1. The molecule has 0 fully saturated rings. The van der Waals surface area contributed by atoms with Crippen molar-refractivity contribution in [2.75, 3.05) is 5.73 Å². The first-order chi connectivity index (χ1) is 5.36. The zero-order valence-corrected chi connectivity index (χ0v) is 5.86. The lowest BCUT2D eigenvalue weighted by molar-refractivity contribution is 1.29. The molecule has 0 aliphatic heterocycles. The summed E-state index contributed by atoms with van der Waals surface area (Å²) in [5, 5.41) is 0.979. The van der Waals surface area contributed by atoms with Crippen LogP contribution in [0.3, 0.4) is 0 Å². The van der Waals surface area contributed by atoms with Crippen molar-refractivity contribution in [1.82, 2.24) is 9.97 Å². The van der Waals surface area contributed by atoms with Gasteiger partial charge < -0.3 is 5.73 Å². The van der Waals surface area contributed by atoms with Gasteiger partial charge in [-0.25, -0.2) is 9.97 Å². The molecule has 0 bridgehead atoms. The van der Waals surface area contributed by atoms with Crippen molar-refractivity contribution in [3.63, 3.8) is 0 Å². The Morgan fingerprint density at radius 1 is 1.27 bits per heavy atom. The standard InChI is InChI=1S/C8H7N3/c9-7-4-6-2-1-3-10-8(6)11-5-7/h1-5H,9H2. The molecule has 0 unspecified atom stereocenters. The summed E-state index contributed by atoms with van der Waals surface area (Å²) < 4.78 is 0. The van der Waals surface area contributed by atoms with E-state index in [1.54, 1.807) is 12.4 Å². The van der Waals surface area contributed by atoms with Crippen molar-refractivity contribution in [3.8, 4) is 0 Å². The minimum absolute atomic E-state index is 0.672. The number of hydrogen-bond acceptors (Lipinski definition) is 3. The Balaban J connectivity index is 2.83. The van der Waals surface area contributed by atoms with E-state index >= 15 is 0 Å². The summed E-state index contributed by atoms with van der Waals surface area (Å²) >= 11 is 0. The van der Waals surface area contributed by atoms with Crippen LogP contribution in [0.2, 0.25) is 0 Å². The zero-order chi connectivity index (χ0) is 7.68. The molecule has 0 spiro atoms. The van der Waals surface area contributed by atoms with Crippen LogP contribution in [0.4, 0.5) is 5.69 Å². The second-order valence-corrected chi connectivity index (χ2v) is 2.32. The van der Waals surface area contributed by atoms with Gasteiger partial charge >= 0.3 is 0 Å². The van der Waals surface area contributed by atoms with E-state index in [4.69, 9.17) is 5.73 Å². The van der Waals surface area contributed by atoms with Gasteiger partial charge in [0.15, 0.2) is 5.65 Å². The Kier molecular flexibility index (Phi) is 1.22. The van der Waals surface area contributed by atoms with Crippen molar-refractivity contribution >= 4 is 16.7 Å². The monoisotopic (exact) mass is 145 g/mol. The summed E-state index contributed by atoms with van der Waals surface area (Å²) in [6.07, 6.45) is 3.32. The Morgan fingerprint density at radius 2 is 2.18 bits per heavy atom. The summed E-state index contributed by atoms with van der Waals surface area (Å²) in [5.74, 6) is 0. The molecule has 0 saturated carbocycles. The maximum atomic E-state index is 5.53. The Labute approximate surface area is 63.9 Å². The number of nitrogens with zero attached hydrogens (tertiary/aromatic N) is 2. The highest BCUT2D eigenvalue weighted by Gasteiger charge is 1.92. The normalized spacial score (nSPS) is 10.2. The fraction of sp³-hybridized carbons (Fsp3) is 0. The number of rotatable bonds is 0. The minimum atomic E-state index is 0.672. The van der Waals surface area contributed by atoms with Crippen LogP contribution in [0.15, 0.2) is 30.6 Å². The molecule has 2 heterocycles. The van der Waals surface area contributed by atoms with Crippen LogP contribution < -0.4 is 5.73 Å². The van der Waals surface area contributed by atoms with Gasteiger partial charge in [-0.15, -0.1) is 0 Å². The van der Waals surface area contributed by atoms with E-state index in [0.29, 0.717) is 5.69 Å². The summed E-state index contributed by atoms with van der Waals surface area (Å²) in [4.78, 5) is 8.10. The summed E-state index contributed by atoms with van der Waals surface area (Å²) in [7, 11) is 0. The Hall–Kier alpha value is -1.64. The molecule has 3 heteroatoms. The maximum absolute atomic E-state index is 5.53. The largest absolute Gasteiger partial charge is 0.397 e. The highest BCUT2D eigenvalue weighted by molar-refractivity contribution is 5.77. The first kappa shape index (κ1) is 6.09. The van der Waals surface area contributed by atoms with Gasteiger partial charge in [-0.1, -0.05) is 0 Å². The molecular weight excluding hydrogens is 138 g/mol. The third kappa shape index (κ3) is 1.00. The molecule has 2 N–H and O–H groups in total. The van der Waals surface area contributed by atoms with Gasteiger partial charge in [0.05, 0.1) is 11.9 Å². The van der Waals surface area contributed by atoms with E-state index in [0.717, 1.165) is 11.0 Å². The van der Waals surface area contributed by atoms with Gasteiger partial charge in [0, 0.05) is 11.6 Å². The molecule has 0 atom stereocenters. The number of anilines is 1. The van der Waals surface area contributed by atoms with Crippen molar-refractivity contribution in [2.24, 2.45) is 0 Å². The van der Waals surface area contributed by atoms with Crippen LogP contribution in [0.1, 0.15) is 0 Å². The topological polar surface area (TPSA) is 51.8 Å². The van der Waals surface area contributed by atoms with E-state index in [9.17, 15) is 0 Å². The lowest BCUT2D eigenvalue weighted by atomic mass is 10.3. The highest BCUT2D eigenvalue weighted by atomic mass is 14.8. The van der Waals surface area contributed by atoms with Gasteiger partial charge in [0.25, 0.3) is 0 Å². The average Bonchev–Trinajstić information content (AvgIpc) is 2.04. The van der Waals surface area contributed by atoms with Gasteiger partial charge in [0.2, 0.25) is 0 Å². The summed E-state index contributed by atoms with van der Waals surface area (Å²) in [6, 6.07) is 5.66. The van der Waals surface area contributed by atoms with Gasteiger partial charge in [0.1, 0.15) is 0 Å². The summed E-state index contributed by atoms with van der Waals surface area (Å²) in [6.45, 7) is 0. The molecule has 0 aliphatic rings. The zero-order valence-electron chi connectivity index (χ0n) is 5.86. The average molecular weight is 145 g/mol. The molecule has 2 aromatic heterocycles. The predicted molar refractivity (Wildman–Crippen MR) is 44.0 cm³/mol. The van der Waals surface area contributed by atoms with Crippen LogP contribution >= 0.6 is 0 Å². The number of nitrogen functional groups attached to an aromatic ring is 1. The molecule has 11 heavy (non-hydrogen) atoms. The number of pyridine rings is 2. The smallest absolute Gasteiger partial charge is 0.159 e. The SMILES string of the molecule is Nc1cnc2ncccc2c1. The van der Waals surface area contributed by atoms with Crippen molar-refractivity contribution < 1.29 is 0 Å². The maximum Gasteiger partial charge on any atom is 0.159 e. The van der Waals surface area contributed by atoms with Crippen LogP contribution in [0, 0.1) is 0 Å². The molecule has 0 saturated heterocycles. The van der Waals surface area contributed by atoms with Gasteiger partial charge in [-0.3, -0.25) is 0 Å². The molecule has 0 aliphatic carbocycles. The van der Waals surface area contributed by atoms with E-state index in [1.165, 1.54) is 0 Å². The minimum Gasteiger partial charge on any atom is -0.397 e. The highest BCUT2D eigenvalue weighted by Crippen LogP contribution is 2.10. The molecule has 0 aromatic carbocycles. The van der Waals surface area contributed by atoms with Crippen LogP contribution in [0.5, 0.6) is 0 Å². The number of hydrogen-bond donors (Lipinski definition) is 1.